The molecule has 0 aliphatic heterocycles. The van der Waals surface area contributed by atoms with Crippen molar-refractivity contribution in [3.8, 4) is 0 Å². The molecule has 1 heterocycles. The van der Waals surface area contributed by atoms with E-state index in [4.69, 9.17) is 0 Å². The second kappa shape index (κ2) is 6.70. The Morgan fingerprint density at radius 1 is 1.15 bits per heavy atom. The van der Waals surface area contributed by atoms with Crippen molar-refractivity contribution in [3.63, 3.8) is 0 Å². The van der Waals surface area contributed by atoms with Gasteiger partial charge in [0.05, 0.1) is 0 Å². The smallest absolute Gasteiger partial charge is 0.271 e. The molecule has 1 amide bonds. The average Bonchev–Trinajstić information content (AvgIpc) is 3.55. The summed E-state index contributed by atoms with van der Waals surface area (Å²) in [5.74, 6) is 1.24. The van der Waals surface area contributed by atoms with Gasteiger partial charge in [-0.25, -0.2) is 8.42 Å². The topological polar surface area (TPSA) is 66.5 Å². The van der Waals surface area contributed by atoms with Crippen LogP contribution in [0.4, 0.5) is 5.69 Å². The van der Waals surface area contributed by atoms with E-state index in [0.717, 1.165) is 11.3 Å². The van der Waals surface area contributed by atoms with Crippen molar-refractivity contribution in [2.24, 2.45) is 11.8 Å². The van der Waals surface area contributed by atoms with Crippen LogP contribution in [0.5, 0.6) is 0 Å². The molecule has 2 aliphatic rings. The number of anilines is 1. The molecule has 4 rings (SSSR count). The van der Waals surface area contributed by atoms with E-state index in [1.165, 1.54) is 25.7 Å². The van der Waals surface area contributed by atoms with Crippen LogP contribution in [0.25, 0.3) is 0 Å². The second-order valence-corrected chi connectivity index (χ2v) is 10.1. The predicted octanol–water partition coefficient (Wildman–Crippen LogP) is 3.81. The number of hydrogen-bond donors (Lipinski definition) is 1. The molecule has 1 aromatic heterocycles. The molecular weight excluding hydrogens is 368 g/mol. The van der Waals surface area contributed by atoms with Crippen LogP contribution in [0, 0.1) is 11.8 Å². The van der Waals surface area contributed by atoms with E-state index in [0.29, 0.717) is 29.1 Å². The zero-order chi connectivity index (χ0) is 18.3. The van der Waals surface area contributed by atoms with E-state index < -0.39 is 10.0 Å². The summed E-state index contributed by atoms with van der Waals surface area (Å²) in [4.78, 5) is 14.8. The predicted molar refractivity (Wildman–Crippen MR) is 103 cm³/mol. The van der Waals surface area contributed by atoms with E-state index >= 15 is 0 Å². The third-order valence-electron chi connectivity index (χ3n) is 5.10. The highest BCUT2D eigenvalue weighted by Crippen LogP contribution is 2.47. The number of nitrogens with zero attached hydrogens (tertiary/aromatic N) is 1. The third kappa shape index (κ3) is 3.64. The van der Waals surface area contributed by atoms with E-state index in [1.807, 2.05) is 11.9 Å². The molecule has 7 heteroatoms. The molecule has 2 aliphatic carbocycles. The number of hydrogen-bond acceptors (Lipinski definition) is 4. The minimum absolute atomic E-state index is 0.0361. The van der Waals surface area contributed by atoms with Gasteiger partial charge in [0.15, 0.2) is 0 Å². The van der Waals surface area contributed by atoms with Crippen LogP contribution in [0.1, 0.15) is 36.0 Å². The highest BCUT2D eigenvalue weighted by atomic mass is 32.2. The average molecular weight is 391 g/mol. The van der Waals surface area contributed by atoms with Crippen molar-refractivity contribution in [2.75, 3.05) is 11.8 Å². The first-order chi connectivity index (χ1) is 12.5. The molecule has 0 atom stereocenters. The Morgan fingerprint density at radius 3 is 2.42 bits per heavy atom. The Bertz CT molecular complexity index is 889. The number of nitrogens with one attached hydrogen (secondary N) is 1. The minimum atomic E-state index is -3.61. The summed E-state index contributed by atoms with van der Waals surface area (Å²) in [5.41, 5.74) is 0.928. The molecular formula is C19H22N2O3S2. The molecule has 2 aromatic rings. The molecule has 138 valence electrons. The van der Waals surface area contributed by atoms with Crippen molar-refractivity contribution in [3.05, 3.63) is 47.3 Å². The van der Waals surface area contributed by atoms with Crippen LogP contribution >= 0.6 is 11.3 Å². The summed E-state index contributed by atoms with van der Waals surface area (Å²) in [5, 5.41) is 1.72. The Morgan fingerprint density at radius 2 is 1.85 bits per heavy atom. The summed E-state index contributed by atoms with van der Waals surface area (Å²) in [6.45, 7) is 0. The van der Waals surface area contributed by atoms with Gasteiger partial charge in [0, 0.05) is 24.3 Å². The Kier molecular flexibility index (Phi) is 4.52. The van der Waals surface area contributed by atoms with E-state index in [1.54, 1.807) is 41.8 Å². The molecule has 0 bridgehead atoms. The molecule has 0 unspecified atom stereocenters. The monoisotopic (exact) mass is 390 g/mol. The van der Waals surface area contributed by atoms with Crippen molar-refractivity contribution >= 4 is 33.0 Å². The first kappa shape index (κ1) is 17.5. The molecule has 0 radical (unpaired) electrons. The van der Waals surface area contributed by atoms with Gasteiger partial charge in [-0.2, -0.15) is 0 Å². The SMILES string of the molecule is CN(C(=O)c1cccc(NS(=O)(=O)c2cccs2)c1)C(C1CC1)C1CC1. The molecule has 1 aromatic carbocycles. The highest BCUT2D eigenvalue weighted by Gasteiger charge is 2.45. The molecule has 2 saturated carbocycles. The van der Waals surface area contributed by atoms with Gasteiger partial charge in [-0.3, -0.25) is 9.52 Å². The normalized spacial score (nSPS) is 17.3. The standard InChI is InChI=1S/C19H22N2O3S2/c1-21(18(13-7-8-13)14-9-10-14)19(22)15-4-2-5-16(12-15)20-26(23,24)17-6-3-11-25-17/h2-6,11-14,18,20H,7-10H2,1H3. The molecule has 2 fully saturated rings. The van der Waals surface area contributed by atoms with Gasteiger partial charge in [-0.15, -0.1) is 11.3 Å². The number of benzene rings is 1. The van der Waals surface area contributed by atoms with Crippen LogP contribution < -0.4 is 4.72 Å². The summed E-state index contributed by atoms with van der Waals surface area (Å²) < 4.78 is 27.6. The molecule has 0 saturated heterocycles. The van der Waals surface area contributed by atoms with Gasteiger partial charge >= 0.3 is 0 Å². The van der Waals surface area contributed by atoms with Crippen molar-refractivity contribution in [1.29, 1.82) is 0 Å². The van der Waals surface area contributed by atoms with E-state index in [2.05, 4.69) is 4.72 Å². The zero-order valence-electron chi connectivity index (χ0n) is 14.6. The summed E-state index contributed by atoms with van der Waals surface area (Å²) >= 11 is 1.16. The van der Waals surface area contributed by atoms with Gasteiger partial charge in [0.2, 0.25) is 0 Å². The van der Waals surface area contributed by atoms with Gasteiger partial charge in [-0.05, 0) is 67.2 Å². The van der Waals surface area contributed by atoms with Gasteiger partial charge < -0.3 is 4.90 Å². The lowest BCUT2D eigenvalue weighted by molar-refractivity contribution is 0.0690. The maximum Gasteiger partial charge on any atom is 0.271 e. The van der Waals surface area contributed by atoms with Crippen molar-refractivity contribution in [2.45, 2.75) is 35.9 Å². The van der Waals surface area contributed by atoms with Gasteiger partial charge in [0.25, 0.3) is 15.9 Å². The van der Waals surface area contributed by atoms with Crippen molar-refractivity contribution < 1.29 is 13.2 Å². The lowest BCUT2D eigenvalue weighted by atomic mass is 10.0. The first-order valence-corrected chi connectivity index (χ1v) is 11.3. The Hall–Kier alpha value is -1.86. The summed E-state index contributed by atoms with van der Waals surface area (Å²) in [6, 6.07) is 10.3. The third-order valence-corrected chi connectivity index (χ3v) is 7.88. The number of carbonyl (C=O) groups excluding carboxylic acids is 1. The molecule has 0 spiro atoms. The first-order valence-electron chi connectivity index (χ1n) is 8.89. The zero-order valence-corrected chi connectivity index (χ0v) is 16.2. The van der Waals surface area contributed by atoms with Crippen LogP contribution in [0.3, 0.4) is 0 Å². The lowest BCUT2D eigenvalue weighted by Crippen LogP contribution is -2.40. The highest BCUT2D eigenvalue weighted by molar-refractivity contribution is 7.94. The maximum absolute atomic E-state index is 12.9. The fraction of sp³-hybridized carbons (Fsp3) is 0.421. The lowest BCUT2D eigenvalue weighted by Gasteiger charge is -2.28. The second-order valence-electron chi connectivity index (χ2n) is 7.20. The van der Waals surface area contributed by atoms with Crippen LogP contribution in [-0.2, 0) is 10.0 Å². The Balaban J connectivity index is 1.52. The number of thiophene rings is 1. The fourth-order valence-corrected chi connectivity index (χ4v) is 5.61. The van der Waals surface area contributed by atoms with Gasteiger partial charge in [0.1, 0.15) is 4.21 Å². The van der Waals surface area contributed by atoms with Gasteiger partial charge in [-0.1, -0.05) is 12.1 Å². The molecule has 1 N–H and O–H groups in total. The largest absolute Gasteiger partial charge is 0.338 e. The summed E-state index contributed by atoms with van der Waals surface area (Å²) in [7, 11) is -1.73. The Labute approximate surface area is 158 Å². The number of amides is 1. The number of sulfonamides is 1. The number of rotatable bonds is 7. The van der Waals surface area contributed by atoms with E-state index in [9.17, 15) is 13.2 Å². The molecule has 26 heavy (non-hydrogen) atoms. The van der Waals surface area contributed by atoms with Crippen LogP contribution in [-0.4, -0.2) is 32.3 Å². The van der Waals surface area contributed by atoms with E-state index in [-0.39, 0.29) is 10.1 Å². The minimum Gasteiger partial charge on any atom is -0.338 e. The molecule has 5 nitrogen and oxygen atoms in total. The van der Waals surface area contributed by atoms with Crippen LogP contribution in [0.2, 0.25) is 0 Å². The van der Waals surface area contributed by atoms with Crippen molar-refractivity contribution in [1.82, 2.24) is 4.90 Å². The summed E-state index contributed by atoms with van der Waals surface area (Å²) in [6.07, 6.45) is 4.83. The fourth-order valence-electron chi connectivity index (χ4n) is 3.57. The van der Waals surface area contributed by atoms with Crippen LogP contribution in [0.15, 0.2) is 46.0 Å². The maximum atomic E-state index is 12.9. The number of carbonyl (C=O) groups is 1. The quantitative estimate of drug-likeness (QED) is 0.782.